The molecule has 0 aliphatic carbocycles. The van der Waals surface area contributed by atoms with E-state index in [4.69, 9.17) is 9.47 Å². The summed E-state index contributed by atoms with van der Waals surface area (Å²) < 4.78 is 37.9. The molecule has 2 aliphatic rings. The molecule has 0 radical (unpaired) electrons. The first-order chi connectivity index (χ1) is 15.4. The van der Waals surface area contributed by atoms with Crippen LogP contribution < -0.4 is 9.47 Å². The number of hydrogen-bond donors (Lipinski definition) is 0. The van der Waals surface area contributed by atoms with Crippen molar-refractivity contribution < 1.29 is 22.7 Å². The van der Waals surface area contributed by atoms with Gasteiger partial charge in [0.1, 0.15) is 13.2 Å². The van der Waals surface area contributed by atoms with E-state index in [1.54, 1.807) is 18.0 Å². The highest BCUT2D eigenvalue weighted by Crippen LogP contribution is 2.31. The van der Waals surface area contributed by atoms with Gasteiger partial charge < -0.3 is 14.4 Å². The lowest BCUT2D eigenvalue weighted by atomic mass is 9.96. The molecule has 32 heavy (non-hydrogen) atoms. The van der Waals surface area contributed by atoms with Gasteiger partial charge in [-0.15, -0.1) is 0 Å². The first-order valence-electron chi connectivity index (χ1n) is 10.8. The summed E-state index contributed by atoms with van der Waals surface area (Å²) in [6.45, 7) is 2.22. The summed E-state index contributed by atoms with van der Waals surface area (Å²) in [7, 11) is -1.72. The summed E-state index contributed by atoms with van der Waals surface area (Å²) in [5.41, 5.74) is 1.80. The van der Waals surface area contributed by atoms with Gasteiger partial charge in [0.05, 0.1) is 0 Å². The predicted octanol–water partition coefficient (Wildman–Crippen LogP) is 3.13. The van der Waals surface area contributed by atoms with Crippen molar-refractivity contribution in [3.63, 3.8) is 0 Å². The van der Waals surface area contributed by atoms with Crippen LogP contribution in [0.25, 0.3) is 6.08 Å². The van der Waals surface area contributed by atoms with Crippen LogP contribution >= 0.6 is 0 Å². The lowest BCUT2D eigenvalue weighted by Crippen LogP contribution is -2.42. The number of hydrogen-bond acceptors (Lipinski definition) is 5. The van der Waals surface area contributed by atoms with E-state index in [9.17, 15) is 13.2 Å². The van der Waals surface area contributed by atoms with E-state index in [1.807, 2.05) is 48.5 Å². The lowest BCUT2D eigenvalue weighted by Gasteiger charge is -2.32. The van der Waals surface area contributed by atoms with Crippen LogP contribution in [0.2, 0.25) is 0 Å². The van der Waals surface area contributed by atoms with Crippen molar-refractivity contribution in [3.05, 3.63) is 65.1 Å². The Labute approximate surface area is 189 Å². The lowest BCUT2D eigenvalue weighted by molar-refractivity contribution is -0.135. The average Bonchev–Trinajstić information content (AvgIpc) is 2.83. The summed E-state index contributed by atoms with van der Waals surface area (Å²) in [6.07, 6.45) is 2.64. The average molecular weight is 457 g/mol. The van der Waals surface area contributed by atoms with Gasteiger partial charge in [0.2, 0.25) is 15.9 Å². The van der Waals surface area contributed by atoms with Crippen molar-refractivity contribution in [2.24, 2.45) is 5.92 Å². The third-order valence-corrected chi connectivity index (χ3v) is 7.36. The number of sulfonamides is 1. The number of benzene rings is 2. The SMILES string of the molecule is CN(Cc1ccc2c(c1)OCCO2)C(=O)C1CCN(S(=O)(=O)/C=C/c2ccccc2)CC1. The Balaban J connectivity index is 1.31. The smallest absolute Gasteiger partial charge is 0.236 e. The number of ether oxygens (including phenoxy) is 2. The number of rotatable bonds is 6. The standard InChI is InChI=1S/C24H28N2O5S/c1-25(18-20-7-8-22-23(17-20)31-15-14-30-22)24(27)21-9-12-26(13-10-21)32(28,29)16-11-19-5-3-2-4-6-19/h2-8,11,16-17,21H,9-10,12-15,18H2,1H3/b16-11+. The Morgan fingerprint density at radius 1 is 1.06 bits per heavy atom. The topological polar surface area (TPSA) is 76.2 Å². The molecule has 1 fully saturated rings. The van der Waals surface area contributed by atoms with Gasteiger partial charge in [-0.1, -0.05) is 36.4 Å². The molecule has 0 unspecified atom stereocenters. The molecule has 0 bridgehead atoms. The zero-order chi connectivity index (χ0) is 22.6. The van der Waals surface area contributed by atoms with Crippen LogP contribution in [0, 0.1) is 5.92 Å². The van der Waals surface area contributed by atoms with Crippen LogP contribution in [0.3, 0.4) is 0 Å². The maximum absolute atomic E-state index is 12.9. The van der Waals surface area contributed by atoms with Crippen LogP contribution in [0.1, 0.15) is 24.0 Å². The van der Waals surface area contributed by atoms with Crippen molar-refractivity contribution in [2.45, 2.75) is 19.4 Å². The molecule has 2 aliphatic heterocycles. The number of piperidine rings is 1. The van der Waals surface area contributed by atoms with Crippen LogP contribution in [0.5, 0.6) is 11.5 Å². The van der Waals surface area contributed by atoms with Gasteiger partial charge in [-0.2, -0.15) is 4.31 Å². The largest absolute Gasteiger partial charge is 0.486 e. The molecule has 0 spiro atoms. The molecule has 8 heteroatoms. The van der Waals surface area contributed by atoms with E-state index in [0.29, 0.717) is 51.4 Å². The summed E-state index contributed by atoms with van der Waals surface area (Å²) >= 11 is 0. The molecule has 0 aromatic heterocycles. The number of carbonyl (C=O) groups is 1. The zero-order valence-corrected chi connectivity index (χ0v) is 19.0. The Morgan fingerprint density at radius 3 is 2.47 bits per heavy atom. The fraction of sp³-hybridized carbons (Fsp3) is 0.375. The minimum atomic E-state index is -3.51. The van der Waals surface area contributed by atoms with E-state index in [-0.39, 0.29) is 11.8 Å². The molecule has 170 valence electrons. The Bertz CT molecular complexity index is 1080. The van der Waals surface area contributed by atoms with Crippen molar-refractivity contribution in [3.8, 4) is 11.5 Å². The minimum absolute atomic E-state index is 0.0387. The van der Waals surface area contributed by atoms with Crippen LogP contribution in [0.15, 0.2) is 53.9 Å². The zero-order valence-electron chi connectivity index (χ0n) is 18.1. The van der Waals surface area contributed by atoms with Gasteiger partial charge in [-0.05, 0) is 42.2 Å². The van der Waals surface area contributed by atoms with Gasteiger partial charge in [0.25, 0.3) is 0 Å². The van der Waals surface area contributed by atoms with Crippen molar-refractivity contribution in [2.75, 3.05) is 33.4 Å². The minimum Gasteiger partial charge on any atom is -0.486 e. The summed E-state index contributed by atoms with van der Waals surface area (Å²) in [5.74, 6) is 1.29. The molecule has 1 amide bonds. The highest BCUT2D eigenvalue weighted by atomic mass is 32.2. The number of carbonyl (C=O) groups excluding carboxylic acids is 1. The molecule has 4 rings (SSSR count). The molecular formula is C24H28N2O5S. The predicted molar refractivity (Wildman–Crippen MR) is 123 cm³/mol. The number of fused-ring (bicyclic) bond motifs is 1. The molecule has 7 nitrogen and oxygen atoms in total. The Kier molecular flexibility index (Phi) is 6.81. The number of amides is 1. The van der Waals surface area contributed by atoms with Crippen molar-refractivity contribution in [1.82, 2.24) is 9.21 Å². The van der Waals surface area contributed by atoms with Gasteiger partial charge in [0.15, 0.2) is 11.5 Å². The van der Waals surface area contributed by atoms with Crippen LogP contribution in [-0.4, -0.2) is 56.9 Å². The van der Waals surface area contributed by atoms with Crippen LogP contribution in [0.4, 0.5) is 0 Å². The first-order valence-corrected chi connectivity index (χ1v) is 12.3. The first kappa shape index (κ1) is 22.4. The summed E-state index contributed by atoms with van der Waals surface area (Å²) in [6, 6.07) is 15.0. The highest BCUT2D eigenvalue weighted by Gasteiger charge is 2.31. The fourth-order valence-electron chi connectivity index (χ4n) is 4.02. The normalized spacial score (nSPS) is 17.4. The van der Waals surface area contributed by atoms with E-state index >= 15 is 0 Å². The second-order valence-electron chi connectivity index (χ2n) is 8.10. The summed E-state index contributed by atoms with van der Waals surface area (Å²) in [4.78, 5) is 14.7. The number of nitrogens with zero attached hydrogens (tertiary/aromatic N) is 2. The van der Waals surface area contributed by atoms with Crippen molar-refractivity contribution >= 4 is 22.0 Å². The molecule has 1 saturated heterocycles. The molecule has 0 saturated carbocycles. The molecular weight excluding hydrogens is 428 g/mol. The molecule has 2 heterocycles. The fourth-order valence-corrected chi connectivity index (χ4v) is 5.24. The van der Waals surface area contributed by atoms with Gasteiger partial charge in [-0.25, -0.2) is 8.42 Å². The second kappa shape index (κ2) is 9.75. The van der Waals surface area contributed by atoms with E-state index in [0.717, 1.165) is 16.9 Å². The monoisotopic (exact) mass is 456 g/mol. The van der Waals surface area contributed by atoms with E-state index in [2.05, 4.69) is 0 Å². The van der Waals surface area contributed by atoms with Crippen LogP contribution in [-0.2, 0) is 21.4 Å². The summed E-state index contributed by atoms with van der Waals surface area (Å²) in [5, 5.41) is 1.25. The third kappa shape index (κ3) is 5.31. The van der Waals surface area contributed by atoms with Gasteiger partial charge in [-0.3, -0.25) is 4.79 Å². The van der Waals surface area contributed by atoms with Crippen molar-refractivity contribution in [1.29, 1.82) is 0 Å². The second-order valence-corrected chi connectivity index (χ2v) is 9.92. The molecule has 0 N–H and O–H groups in total. The third-order valence-electron chi connectivity index (χ3n) is 5.80. The van der Waals surface area contributed by atoms with E-state index in [1.165, 1.54) is 9.71 Å². The highest BCUT2D eigenvalue weighted by molar-refractivity contribution is 7.92. The Morgan fingerprint density at radius 2 is 1.75 bits per heavy atom. The maximum Gasteiger partial charge on any atom is 0.236 e. The molecule has 2 aromatic carbocycles. The quantitative estimate of drug-likeness (QED) is 0.668. The van der Waals surface area contributed by atoms with Gasteiger partial charge in [0, 0.05) is 38.0 Å². The molecule has 0 atom stereocenters. The van der Waals surface area contributed by atoms with E-state index < -0.39 is 10.0 Å². The molecule has 2 aromatic rings. The van der Waals surface area contributed by atoms with Gasteiger partial charge >= 0.3 is 0 Å². The maximum atomic E-state index is 12.9. The Hall–Kier alpha value is -2.84.